The number of nitrogens with one attached hydrogen (secondary N) is 1. The number of hydrogen-bond donors (Lipinski definition) is 1. The normalized spacial score (nSPS) is 10.6. The van der Waals surface area contributed by atoms with Crippen LogP contribution in [0.5, 0.6) is 0 Å². The van der Waals surface area contributed by atoms with Gasteiger partial charge in [-0.3, -0.25) is 9.59 Å². The molecule has 0 fully saturated rings. The van der Waals surface area contributed by atoms with Gasteiger partial charge in [0, 0.05) is 13.1 Å². The van der Waals surface area contributed by atoms with E-state index in [0.29, 0.717) is 23.6 Å². The fourth-order valence-corrected chi connectivity index (χ4v) is 2.78. The predicted octanol–water partition coefficient (Wildman–Crippen LogP) is 2.44. The Morgan fingerprint density at radius 3 is 2.63 bits per heavy atom. The van der Waals surface area contributed by atoms with Crippen LogP contribution >= 0.6 is 0 Å². The van der Waals surface area contributed by atoms with Crippen LogP contribution in [0.2, 0.25) is 0 Å². The van der Waals surface area contributed by atoms with E-state index in [1.54, 1.807) is 30.9 Å². The van der Waals surface area contributed by atoms with Crippen molar-refractivity contribution in [1.82, 2.24) is 19.8 Å². The summed E-state index contributed by atoms with van der Waals surface area (Å²) in [6.45, 7) is 3.59. The van der Waals surface area contributed by atoms with Crippen molar-refractivity contribution in [2.75, 3.05) is 18.9 Å². The van der Waals surface area contributed by atoms with Gasteiger partial charge in [0.15, 0.2) is 5.82 Å². The van der Waals surface area contributed by atoms with Gasteiger partial charge in [0.05, 0.1) is 29.7 Å². The van der Waals surface area contributed by atoms with Crippen molar-refractivity contribution in [3.63, 3.8) is 0 Å². The molecule has 0 radical (unpaired) electrons. The first-order valence-corrected chi connectivity index (χ1v) is 8.60. The number of para-hydroxylation sites is 1. The minimum atomic E-state index is -0.354. The van der Waals surface area contributed by atoms with E-state index in [4.69, 9.17) is 4.52 Å². The third-order valence-electron chi connectivity index (χ3n) is 4.06. The van der Waals surface area contributed by atoms with Crippen molar-refractivity contribution in [1.29, 1.82) is 0 Å². The Morgan fingerprint density at radius 2 is 2.00 bits per heavy atom. The lowest BCUT2D eigenvalue weighted by Gasteiger charge is -2.16. The number of carbonyl (C=O) groups is 2. The summed E-state index contributed by atoms with van der Waals surface area (Å²) in [7, 11) is 1.58. The molecule has 0 spiro atoms. The molecule has 0 aliphatic rings. The fourth-order valence-electron chi connectivity index (χ4n) is 2.78. The molecule has 0 aliphatic carbocycles. The third kappa shape index (κ3) is 4.05. The van der Waals surface area contributed by atoms with Crippen LogP contribution in [0.25, 0.3) is 5.69 Å². The van der Waals surface area contributed by atoms with Gasteiger partial charge in [-0.1, -0.05) is 30.3 Å². The largest absolute Gasteiger partial charge is 0.360 e. The van der Waals surface area contributed by atoms with Crippen LogP contribution in [-0.2, 0) is 11.2 Å². The maximum atomic E-state index is 12.8. The number of rotatable bonds is 6. The molecule has 2 amide bonds. The van der Waals surface area contributed by atoms with Gasteiger partial charge in [-0.2, -0.15) is 5.10 Å². The number of benzene rings is 1. The maximum Gasteiger partial charge on any atom is 0.257 e. The van der Waals surface area contributed by atoms with E-state index in [0.717, 1.165) is 11.4 Å². The molecule has 1 N–H and O–H groups in total. The van der Waals surface area contributed by atoms with E-state index in [1.165, 1.54) is 4.90 Å². The molecule has 0 atom stereocenters. The molecule has 0 saturated heterocycles. The summed E-state index contributed by atoms with van der Waals surface area (Å²) in [6.07, 6.45) is 2.18. The van der Waals surface area contributed by atoms with Crippen LogP contribution in [0.4, 0.5) is 5.82 Å². The van der Waals surface area contributed by atoms with E-state index in [2.05, 4.69) is 15.6 Å². The lowest BCUT2D eigenvalue weighted by Crippen LogP contribution is -2.35. The number of carbonyl (C=O) groups excluding carboxylic acids is 2. The first-order valence-electron chi connectivity index (χ1n) is 8.60. The van der Waals surface area contributed by atoms with Gasteiger partial charge in [-0.15, -0.1) is 0 Å². The lowest BCUT2D eigenvalue weighted by atomic mass is 10.1. The molecule has 0 saturated carbocycles. The summed E-state index contributed by atoms with van der Waals surface area (Å²) in [5.41, 5.74) is 2.16. The standard InChI is InChI=1S/C19H21N5O3/c1-4-16-15(11-20-24(16)14-8-6-5-7-9-14)19(26)23(3)12-18(25)21-17-10-13(2)27-22-17/h5-11H,4,12H2,1-3H3,(H,21,22,25). The van der Waals surface area contributed by atoms with Gasteiger partial charge >= 0.3 is 0 Å². The molecule has 8 heteroatoms. The minimum Gasteiger partial charge on any atom is -0.360 e. The Hall–Kier alpha value is -3.42. The second-order valence-electron chi connectivity index (χ2n) is 6.14. The average Bonchev–Trinajstić information content (AvgIpc) is 3.27. The zero-order valence-corrected chi connectivity index (χ0v) is 15.5. The zero-order valence-electron chi connectivity index (χ0n) is 15.5. The molecule has 27 heavy (non-hydrogen) atoms. The van der Waals surface area contributed by atoms with Crippen LogP contribution in [-0.4, -0.2) is 45.2 Å². The number of nitrogens with zero attached hydrogens (tertiary/aromatic N) is 4. The molecule has 3 aromatic rings. The van der Waals surface area contributed by atoms with Crippen molar-refractivity contribution in [2.24, 2.45) is 0 Å². The van der Waals surface area contributed by atoms with Crippen LogP contribution in [0.15, 0.2) is 47.1 Å². The van der Waals surface area contributed by atoms with Crippen LogP contribution in [0, 0.1) is 6.92 Å². The Labute approximate surface area is 156 Å². The number of likely N-dealkylation sites (N-methyl/N-ethyl adjacent to an activating group) is 1. The SMILES string of the molecule is CCc1c(C(=O)N(C)CC(=O)Nc2cc(C)on2)cnn1-c1ccccc1. The van der Waals surface area contributed by atoms with E-state index in [9.17, 15) is 9.59 Å². The second kappa shape index (κ2) is 7.86. The van der Waals surface area contributed by atoms with E-state index < -0.39 is 0 Å². The first kappa shape index (κ1) is 18.4. The summed E-state index contributed by atoms with van der Waals surface area (Å²) >= 11 is 0. The molecule has 3 rings (SSSR count). The fraction of sp³-hybridized carbons (Fsp3) is 0.263. The monoisotopic (exact) mass is 367 g/mol. The smallest absolute Gasteiger partial charge is 0.257 e. The molecule has 8 nitrogen and oxygen atoms in total. The summed E-state index contributed by atoms with van der Waals surface area (Å²) in [5, 5.41) is 10.7. The van der Waals surface area contributed by atoms with Crippen LogP contribution in [0.1, 0.15) is 28.7 Å². The van der Waals surface area contributed by atoms with Gasteiger partial charge in [-0.25, -0.2) is 4.68 Å². The highest BCUT2D eigenvalue weighted by molar-refractivity contribution is 5.99. The van der Waals surface area contributed by atoms with E-state index in [-0.39, 0.29) is 18.4 Å². The Balaban J connectivity index is 1.73. The van der Waals surface area contributed by atoms with Crippen molar-refractivity contribution in [3.8, 4) is 5.69 Å². The Morgan fingerprint density at radius 1 is 1.26 bits per heavy atom. The number of aryl methyl sites for hydroxylation is 1. The number of aromatic nitrogens is 3. The van der Waals surface area contributed by atoms with Crippen molar-refractivity contribution in [2.45, 2.75) is 20.3 Å². The summed E-state index contributed by atoms with van der Waals surface area (Å²) in [4.78, 5) is 26.3. The highest BCUT2D eigenvalue weighted by Crippen LogP contribution is 2.17. The quantitative estimate of drug-likeness (QED) is 0.722. The van der Waals surface area contributed by atoms with Crippen LogP contribution < -0.4 is 5.32 Å². The summed E-state index contributed by atoms with van der Waals surface area (Å²) in [5.74, 6) is 0.299. The van der Waals surface area contributed by atoms with E-state index in [1.807, 2.05) is 37.3 Å². The topological polar surface area (TPSA) is 93.3 Å². The van der Waals surface area contributed by atoms with Gasteiger partial charge in [0.2, 0.25) is 5.91 Å². The molecule has 0 aliphatic heterocycles. The molecule has 2 heterocycles. The van der Waals surface area contributed by atoms with Gasteiger partial charge in [-0.05, 0) is 25.5 Å². The third-order valence-corrected chi connectivity index (χ3v) is 4.06. The molecule has 140 valence electrons. The lowest BCUT2D eigenvalue weighted by molar-refractivity contribution is -0.116. The van der Waals surface area contributed by atoms with Crippen molar-refractivity contribution < 1.29 is 14.1 Å². The van der Waals surface area contributed by atoms with Crippen LogP contribution in [0.3, 0.4) is 0 Å². The predicted molar refractivity (Wildman–Crippen MR) is 99.8 cm³/mol. The minimum absolute atomic E-state index is 0.107. The van der Waals surface area contributed by atoms with Gasteiger partial charge in [0.1, 0.15) is 5.76 Å². The maximum absolute atomic E-state index is 12.8. The van der Waals surface area contributed by atoms with E-state index >= 15 is 0 Å². The second-order valence-corrected chi connectivity index (χ2v) is 6.14. The highest BCUT2D eigenvalue weighted by Gasteiger charge is 2.22. The molecule has 1 aromatic carbocycles. The summed E-state index contributed by atoms with van der Waals surface area (Å²) in [6, 6.07) is 11.2. The van der Waals surface area contributed by atoms with Gasteiger partial charge < -0.3 is 14.7 Å². The molecular formula is C19H21N5O3. The molecule has 0 bridgehead atoms. The zero-order chi connectivity index (χ0) is 19.4. The summed E-state index contributed by atoms with van der Waals surface area (Å²) < 4.78 is 6.66. The molecule has 2 aromatic heterocycles. The number of amides is 2. The highest BCUT2D eigenvalue weighted by atomic mass is 16.5. The number of hydrogen-bond acceptors (Lipinski definition) is 5. The van der Waals surface area contributed by atoms with Crippen molar-refractivity contribution >= 4 is 17.6 Å². The van der Waals surface area contributed by atoms with Crippen molar-refractivity contribution in [3.05, 3.63) is 59.6 Å². The van der Waals surface area contributed by atoms with Gasteiger partial charge in [0.25, 0.3) is 5.91 Å². The average molecular weight is 367 g/mol. The first-order chi connectivity index (χ1) is 13.0. The molecular weight excluding hydrogens is 346 g/mol. The Kier molecular flexibility index (Phi) is 5.35. The molecule has 0 unspecified atom stereocenters. The number of anilines is 1. The Bertz CT molecular complexity index is 945.